The Labute approximate surface area is 172 Å². The van der Waals surface area contributed by atoms with Crippen LogP contribution in [0.1, 0.15) is 12.5 Å². The molecule has 0 saturated carbocycles. The van der Waals surface area contributed by atoms with Crippen LogP contribution in [0, 0.1) is 6.92 Å². The molecule has 30 heavy (non-hydrogen) atoms. The van der Waals surface area contributed by atoms with E-state index in [2.05, 4.69) is 15.0 Å². The van der Waals surface area contributed by atoms with E-state index in [1.165, 1.54) is 24.8 Å². The molecule has 0 radical (unpaired) electrons. The van der Waals surface area contributed by atoms with Crippen LogP contribution in [-0.2, 0) is 26.0 Å². The Bertz CT molecular complexity index is 1140. The maximum Gasteiger partial charge on any atom is 0.350 e. The summed E-state index contributed by atoms with van der Waals surface area (Å²) < 4.78 is 47.0. The van der Waals surface area contributed by atoms with Crippen molar-refractivity contribution in [3.8, 4) is 0 Å². The zero-order valence-corrected chi connectivity index (χ0v) is 17.9. The lowest BCUT2D eigenvalue weighted by Crippen LogP contribution is -2.17. The van der Waals surface area contributed by atoms with Crippen molar-refractivity contribution in [3.05, 3.63) is 42.5 Å². The first-order valence-electron chi connectivity index (χ1n) is 8.48. The van der Waals surface area contributed by atoms with E-state index in [0.29, 0.717) is 17.7 Å². The van der Waals surface area contributed by atoms with Gasteiger partial charge in [-0.2, -0.15) is 8.42 Å². The molecule has 0 aliphatic carbocycles. The number of nitrogen functional groups attached to an aromatic ring is 1. The summed E-state index contributed by atoms with van der Waals surface area (Å²) in [6.07, 6.45) is 1.85. The molecule has 5 N–H and O–H groups in total. The topological polar surface area (TPSA) is 191 Å². The van der Waals surface area contributed by atoms with Crippen molar-refractivity contribution in [1.29, 1.82) is 0 Å². The molecular formula is C16H22N5O7PS. The van der Waals surface area contributed by atoms with Crippen LogP contribution >= 0.6 is 7.60 Å². The second kappa shape index (κ2) is 9.60. The third-order valence-electron chi connectivity index (χ3n) is 3.73. The monoisotopic (exact) mass is 459 g/mol. The molecule has 0 aliphatic heterocycles. The molecule has 2 heterocycles. The zero-order chi connectivity index (χ0) is 22.5. The van der Waals surface area contributed by atoms with Gasteiger partial charge in [-0.05, 0) is 26.0 Å². The van der Waals surface area contributed by atoms with Gasteiger partial charge in [-0.3, -0.25) is 9.12 Å². The van der Waals surface area contributed by atoms with Crippen LogP contribution in [0.4, 0.5) is 5.82 Å². The first kappa shape index (κ1) is 23.9. The number of hydrogen-bond acceptors (Lipinski definition) is 8. The summed E-state index contributed by atoms with van der Waals surface area (Å²) in [6.45, 7) is 3.90. The number of imidazole rings is 1. The molecule has 2 aromatic heterocycles. The number of benzene rings is 1. The SMILES string of the molecule is C[C@H](Cn1cnc2c(N)ncnc21)OCP(=O)(O)O.Cc1ccc(S(=O)(=O)O)cc1. The van der Waals surface area contributed by atoms with Gasteiger partial charge in [0.05, 0.1) is 23.9 Å². The number of hydrogen-bond donors (Lipinski definition) is 4. The molecule has 0 saturated heterocycles. The highest BCUT2D eigenvalue weighted by atomic mass is 32.2. The number of rotatable bonds is 6. The van der Waals surface area contributed by atoms with E-state index in [0.717, 1.165) is 5.56 Å². The van der Waals surface area contributed by atoms with Gasteiger partial charge >= 0.3 is 7.60 Å². The first-order valence-corrected chi connectivity index (χ1v) is 11.7. The van der Waals surface area contributed by atoms with E-state index in [4.69, 9.17) is 24.8 Å². The molecule has 12 nitrogen and oxygen atoms in total. The van der Waals surface area contributed by atoms with Gasteiger partial charge in [-0.25, -0.2) is 15.0 Å². The summed E-state index contributed by atoms with van der Waals surface area (Å²) in [5.74, 6) is 0.285. The summed E-state index contributed by atoms with van der Waals surface area (Å²) >= 11 is 0. The highest BCUT2D eigenvalue weighted by Crippen LogP contribution is 2.34. The number of aryl methyl sites for hydroxylation is 1. The van der Waals surface area contributed by atoms with Crippen molar-refractivity contribution in [2.75, 3.05) is 12.1 Å². The summed E-state index contributed by atoms with van der Waals surface area (Å²) in [4.78, 5) is 29.4. The molecule has 0 aliphatic rings. The van der Waals surface area contributed by atoms with Gasteiger partial charge in [0, 0.05) is 0 Å². The maximum absolute atomic E-state index is 10.7. The highest BCUT2D eigenvalue weighted by molar-refractivity contribution is 7.85. The van der Waals surface area contributed by atoms with Crippen LogP contribution in [0.25, 0.3) is 11.2 Å². The lowest BCUT2D eigenvalue weighted by atomic mass is 10.2. The third-order valence-corrected chi connectivity index (χ3v) is 5.08. The Kier molecular flexibility index (Phi) is 7.64. The summed E-state index contributed by atoms with van der Waals surface area (Å²) in [5.41, 5.74) is 7.66. The summed E-state index contributed by atoms with van der Waals surface area (Å²) in [5, 5.41) is 0. The molecule has 3 aromatic rings. The summed E-state index contributed by atoms with van der Waals surface area (Å²) in [7, 11) is -8.18. The fraction of sp³-hybridized carbons (Fsp3) is 0.312. The lowest BCUT2D eigenvalue weighted by Gasteiger charge is -2.14. The highest BCUT2D eigenvalue weighted by Gasteiger charge is 2.17. The Morgan fingerprint density at radius 2 is 1.83 bits per heavy atom. The molecule has 1 atom stereocenters. The van der Waals surface area contributed by atoms with Crippen molar-refractivity contribution in [3.63, 3.8) is 0 Å². The standard InChI is InChI=1S/C9H14N5O4P.C7H8O3S/c1-6(18-5-19(15,16)17)2-14-4-13-7-8(10)11-3-12-9(7)14;1-6-2-4-7(5-3-6)11(8,9)10/h3-4,6H,2,5H2,1H3,(H2,10,11,12)(H2,15,16,17);2-5H,1H3,(H,8,9,10)/t6-;/m1./s1. The number of fused-ring (bicyclic) bond motifs is 1. The van der Waals surface area contributed by atoms with Crippen LogP contribution < -0.4 is 5.73 Å². The molecular weight excluding hydrogens is 437 g/mol. The van der Waals surface area contributed by atoms with Gasteiger partial charge in [0.1, 0.15) is 18.2 Å². The van der Waals surface area contributed by atoms with E-state index in [1.54, 1.807) is 23.6 Å². The van der Waals surface area contributed by atoms with Crippen molar-refractivity contribution in [1.82, 2.24) is 19.5 Å². The lowest BCUT2D eigenvalue weighted by molar-refractivity contribution is 0.0764. The van der Waals surface area contributed by atoms with E-state index in [-0.39, 0.29) is 10.7 Å². The van der Waals surface area contributed by atoms with Crippen LogP contribution in [0.5, 0.6) is 0 Å². The molecule has 3 rings (SSSR count). The fourth-order valence-electron chi connectivity index (χ4n) is 2.30. The Hall–Kier alpha value is -2.41. The average Bonchev–Trinajstić information content (AvgIpc) is 3.04. The second-order valence-electron chi connectivity index (χ2n) is 6.39. The van der Waals surface area contributed by atoms with Crippen LogP contribution in [0.3, 0.4) is 0 Å². The minimum Gasteiger partial charge on any atom is -0.382 e. The number of nitrogens with zero attached hydrogens (tertiary/aromatic N) is 4. The van der Waals surface area contributed by atoms with Crippen molar-refractivity contribution >= 4 is 34.7 Å². The molecule has 1 aromatic carbocycles. The molecule has 0 bridgehead atoms. The van der Waals surface area contributed by atoms with Crippen molar-refractivity contribution in [2.45, 2.75) is 31.4 Å². The second-order valence-corrected chi connectivity index (χ2v) is 9.40. The van der Waals surface area contributed by atoms with Gasteiger partial charge in [0.25, 0.3) is 10.1 Å². The van der Waals surface area contributed by atoms with Crippen LogP contribution in [0.15, 0.2) is 41.8 Å². The fourth-order valence-corrected chi connectivity index (χ4v) is 3.23. The van der Waals surface area contributed by atoms with Gasteiger partial charge in [-0.1, -0.05) is 17.7 Å². The van der Waals surface area contributed by atoms with Crippen LogP contribution in [0.2, 0.25) is 0 Å². The number of anilines is 1. The molecule has 164 valence electrons. The van der Waals surface area contributed by atoms with E-state index < -0.39 is 30.2 Å². The van der Waals surface area contributed by atoms with Gasteiger partial charge in [-0.15, -0.1) is 0 Å². The predicted molar refractivity (Wildman–Crippen MR) is 108 cm³/mol. The predicted octanol–water partition coefficient (Wildman–Crippen LogP) is 1.19. The van der Waals surface area contributed by atoms with Gasteiger partial charge in [0.15, 0.2) is 11.5 Å². The van der Waals surface area contributed by atoms with E-state index in [9.17, 15) is 13.0 Å². The third kappa shape index (κ3) is 7.13. The Morgan fingerprint density at radius 1 is 1.20 bits per heavy atom. The Balaban J connectivity index is 0.000000248. The quantitative estimate of drug-likeness (QED) is 0.306. The van der Waals surface area contributed by atoms with E-state index >= 15 is 0 Å². The summed E-state index contributed by atoms with van der Waals surface area (Å²) in [6, 6.07) is 5.99. The van der Waals surface area contributed by atoms with Gasteiger partial charge in [0.2, 0.25) is 0 Å². The zero-order valence-electron chi connectivity index (χ0n) is 16.2. The van der Waals surface area contributed by atoms with Crippen LogP contribution in [-0.4, -0.2) is 54.7 Å². The Morgan fingerprint density at radius 3 is 2.40 bits per heavy atom. The normalized spacial score (nSPS) is 13.0. The van der Waals surface area contributed by atoms with Crippen molar-refractivity contribution < 1.29 is 32.1 Å². The number of nitrogens with two attached hydrogens (primary N) is 1. The molecule has 14 heteroatoms. The molecule has 0 fully saturated rings. The van der Waals surface area contributed by atoms with E-state index in [1.807, 2.05) is 6.92 Å². The minimum absolute atomic E-state index is 0.0666. The molecule has 0 amide bonds. The van der Waals surface area contributed by atoms with Crippen molar-refractivity contribution in [2.24, 2.45) is 0 Å². The number of aromatic nitrogens is 4. The largest absolute Gasteiger partial charge is 0.382 e. The first-order chi connectivity index (χ1) is 13.9. The molecule has 0 spiro atoms. The minimum atomic E-state index is -4.16. The number of ether oxygens (including phenoxy) is 1. The average molecular weight is 459 g/mol. The maximum atomic E-state index is 10.7. The molecule has 0 unspecified atom stereocenters. The van der Waals surface area contributed by atoms with Gasteiger partial charge < -0.3 is 24.8 Å². The smallest absolute Gasteiger partial charge is 0.350 e.